The van der Waals surface area contributed by atoms with Gasteiger partial charge in [-0.05, 0) is 6.42 Å². The maximum atomic E-state index is 12.2. The number of unbranched alkanes of at least 4 members (excludes halogenated alkanes) is 8. The summed E-state index contributed by atoms with van der Waals surface area (Å²) in [6.07, 6.45) is -4.40. The molecule has 1 rings (SSSR count). The Balaban J connectivity index is 2.54. The number of rotatable bonds is 19. The van der Waals surface area contributed by atoms with Gasteiger partial charge in [0.15, 0.2) is 6.29 Å². The van der Waals surface area contributed by atoms with Gasteiger partial charge in [0.05, 0.1) is 19.4 Å². The number of nitrogens with zero attached hydrogens (tertiary/aromatic N) is 2. The molecule has 0 bridgehead atoms. The van der Waals surface area contributed by atoms with Gasteiger partial charge in [0, 0.05) is 13.6 Å². The lowest BCUT2D eigenvalue weighted by Gasteiger charge is -2.42. The summed E-state index contributed by atoms with van der Waals surface area (Å²) < 4.78 is 10.5. The Morgan fingerprint density at radius 3 is 2.13 bits per heavy atom. The molecular weight excluding hydrogens is 518 g/mol. The fourth-order valence-corrected chi connectivity index (χ4v) is 4.09. The maximum absolute atomic E-state index is 12.2. The van der Waals surface area contributed by atoms with E-state index in [2.05, 4.69) is 17.3 Å². The first kappa shape index (κ1) is 35.6. The smallest absolute Gasteiger partial charge is 0.337 e. The Kier molecular flexibility index (Phi) is 17.9. The number of aliphatic hydroxyl groups excluding tert-OH is 8. The van der Waals surface area contributed by atoms with Gasteiger partial charge in [0.25, 0.3) is 0 Å². The molecule has 0 aromatic heterocycles. The number of ether oxygens (including phenoxy) is 2. The lowest BCUT2D eigenvalue weighted by Crippen LogP contribution is -2.61. The van der Waals surface area contributed by atoms with E-state index < -0.39 is 74.4 Å². The minimum atomic E-state index is -1.93. The molecule has 1 aliphatic rings. The van der Waals surface area contributed by atoms with Gasteiger partial charge in [-0.3, -0.25) is 0 Å². The average Bonchev–Trinajstić information content (AvgIpc) is 2.94. The predicted molar refractivity (Wildman–Crippen MR) is 141 cm³/mol. The molecule has 0 radical (unpaired) electrons. The van der Waals surface area contributed by atoms with Gasteiger partial charge >= 0.3 is 6.03 Å². The first-order valence-electron chi connectivity index (χ1n) is 13.8. The number of amides is 2. The van der Waals surface area contributed by atoms with Gasteiger partial charge in [0.1, 0.15) is 48.8 Å². The first-order valence-corrected chi connectivity index (χ1v) is 13.8. The molecule has 14 heteroatoms. The summed E-state index contributed by atoms with van der Waals surface area (Å²) in [7, 11) is 1.34. The maximum Gasteiger partial charge on any atom is 0.337 e. The van der Waals surface area contributed by atoms with Crippen molar-refractivity contribution < 1.29 is 55.1 Å². The molecule has 1 saturated heterocycles. The summed E-state index contributed by atoms with van der Waals surface area (Å²) in [5, 5.41) is 87.0. The van der Waals surface area contributed by atoms with Gasteiger partial charge in [0.2, 0.25) is 0 Å². The SMILES string of the molecule is CCCCCCCCCCCNC(=O)N(C)/N=C/[C@H](O)[C@@H](O)[C@H](O[C@H]1O[C@H](CO)[C@@H](O)[C@H](O)[C@H]1O)[C@H](O)CO. The number of carbonyl (C=O) groups is 1. The monoisotopic (exact) mass is 567 g/mol. The van der Waals surface area contributed by atoms with Crippen molar-refractivity contribution in [1.82, 2.24) is 10.3 Å². The Hall–Kier alpha value is -1.46. The summed E-state index contributed by atoms with van der Waals surface area (Å²) in [5.74, 6) is 0. The third-order valence-corrected chi connectivity index (χ3v) is 6.64. The Morgan fingerprint density at radius 1 is 0.974 bits per heavy atom. The molecule has 9 N–H and O–H groups in total. The van der Waals surface area contributed by atoms with Crippen molar-refractivity contribution in [3.63, 3.8) is 0 Å². The molecular formula is C25H49N3O11. The highest BCUT2D eigenvalue weighted by atomic mass is 16.7. The topological polar surface area (TPSA) is 225 Å². The van der Waals surface area contributed by atoms with Crippen molar-refractivity contribution in [2.75, 3.05) is 26.8 Å². The van der Waals surface area contributed by atoms with Crippen LogP contribution in [0.4, 0.5) is 4.79 Å². The lowest BCUT2D eigenvalue weighted by molar-refractivity contribution is -0.326. The highest BCUT2D eigenvalue weighted by Crippen LogP contribution is 2.25. The number of hydrazone groups is 1. The van der Waals surface area contributed by atoms with Crippen LogP contribution < -0.4 is 5.32 Å². The minimum absolute atomic E-state index is 0.456. The standard InChI is InChI=1S/C25H49N3O11/c1-3-4-5-6-7-8-9-10-11-12-26-25(37)28(2)27-13-16(31)19(33)23(17(32)14-29)39-24-22(36)21(35)20(34)18(15-30)38-24/h13,16-24,29-36H,3-12,14-15H2,1-2H3,(H,26,37)/b27-13+/t16-,17+,18+,19+,20+,21-,22+,23+,24+/m0/s1. The van der Waals surface area contributed by atoms with Crippen LogP contribution in [0.15, 0.2) is 5.10 Å². The zero-order valence-corrected chi connectivity index (χ0v) is 23.0. The van der Waals surface area contributed by atoms with Crippen molar-refractivity contribution in [3.05, 3.63) is 0 Å². The van der Waals surface area contributed by atoms with Crippen molar-refractivity contribution in [1.29, 1.82) is 0 Å². The van der Waals surface area contributed by atoms with Crippen LogP contribution in [0.1, 0.15) is 64.7 Å². The number of carbonyl (C=O) groups excluding carboxylic acids is 1. The molecule has 230 valence electrons. The number of hydrogen-bond donors (Lipinski definition) is 9. The van der Waals surface area contributed by atoms with Crippen molar-refractivity contribution in [2.45, 2.75) is 120 Å². The van der Waals surface area contributed by atoms with Crippen LogP contribution in [-0.4, -0.2) is 140 Å². The largest absolute Gasteiger partial charge is 0.394 e. The van der Waals surface area contributed by atoms with Gasteiger partial charge in [-0.15, -0.1) is 0 Å². The number of aliphatic hydroxyl groups is 8. The predicted octanol–water partition coefficient (Wildman–Crippen LogP) is -1.60. The Morgan fingerprint density at radius 2 is 1.56 bits per heavy atom. The molecule has 0 aromatic carbocycles. The second kappa shape index (κ2) is 19.6. The van der Waals surface area contributed by atoms with Gasteiger partial charge < -0.3 is 55.6 Å². The Bertz CT molecular complexity index is 688. The highest BCUT2D eigenvalue weighted by Gasteiger charge is 2.46. The number of nitrogens with one attached hydrogen (secondary N) is 1. The fraction of sp³-hybridized carbons (Fsp3) is 0.920. The molecule has 0 aromatic rings. The number of urea groups is 1. The van der Waals surface area contributed by atoms with E-state index in [4.69, 9.17) is 9.47 Å². The van der Waals surface area contributed by atoms with E-state index in [9.17, 15) is 45.6 Å². The second-order valence-electron chi connectivity index (χ2n) is 9.88. The van der Waals surface area contributed by atoms with Crippen molar-refractivity contribution >= 4 is 12.2 Å². The molecule has 14 nitrogen and oxygen atoms in total. The molecule has 1 aliphatic heterocycles. The second-order valence-corrected chi connectivity index (χ2v) is 9.88. The van der Waals surface area contributed by atoms with Crippen LogP contribution in [0.3, 0.4) is 0 Å². The molecule has 1 fully saturated rings. The molecule has 2 amide bonds. The fourth-order valence-electron chi connectivity index (χ4n) is 4.09. The summed E-state index contributed by atoms with van der Waals surface area (Å²) in [6, 6.07) is -0.531. The van der Waals surface area contributed by atoms with Crippen LogP contribution in [0, 0.1) is 0 Å². The zero-order valence-electron chi connectivity index (χ0n) is 23.0. The molecule has 1 heterocycles. The Labute approximate surface area is 229 Å². The number of hydrogen-bond acceptors (Lipinski definition) is 12. The normalized spacial score (nSPS) is 26.8. The van der Waals surface area contributed by atoms with E-state index in [1.807, 2.05) is 0 Å². The minimum Gasteiger partial charge on any atom is -0.394 e. The van der Waals surface area contributed by atoms with Crippen molar-refractivity contribution in [3.8, 4) is 0 Å². The van der Waals surface area contributed by atoms with Crippen LogP contribution in [0.5, 0.6) is 0 Å². The van der Waals surface area contributed by atoms with E-state index in [1.54, 1.807) is 0 Å². The van der Waals surface area contributed by atoms with Crippen LogP contribution >= 0.6 is 0 Å². The van der Waals surface area contributed by atoms with E-state index in [0.29, 0.717) is 6.54 Å². The highest BCUT2D eigenvalue weighted by molar-refractivity contribution is 5.75. The third kappa shape index (κ3) is 12.3. The summed E-state index contributed by atoms with van der Waals surface area (Å²) in [5.41, 5.74) is 0. The quantitative estimate of drug-likeness (QED) is 0.0491. The van der Waals surface area contributed by atoms with Crippen LogP contribution in [0.2, 0.25) is 0 Å². The van der Waals surface area contributed by atoms with Gasteiger partial charge in [-0.25, -0.2) is 9.80 Å². The van der Waals surface area contributed by atoms with Crippen molar-refractivity contribution in [2.24, 2.45) is 5.10 Å². The molecule has 0 unspecified atom stereocenters. The summed E-state index contributed by atoms with van der Waals surface area (Å²) >= 11 is 0. The first-order chi connectivity index (χ1) is 18.6. The zero-order chi connectivity index (χ0) is 29.4. The van der Waals surface area contributed by atoms with Gasteiger partial charge in [-0.2, -0.15) is 5.10 Å². The van der Waals surface area contributed by atoms with E-state index in [0.717, 1.165) is 30.5 Å². The van der Waals surface area contributed by atoms with Crippen LogP contribution in [-0.2, 0) is 9.47 Å². The third-order valence-electron chi connectivity index (χ3n) is 6.64. The average molecular weight is 568 g/mol. The summed E-state index contributed by atoms with van der Waals surface area (Å²) in [4.78, 5) is 12.2. The van der Waals surface area contributed by atoms with Crippen LogP contribution in [0.25, 0.3) is 0 Å². The van der Waals surface area contributed by atoms with E-state index in [1.165, 1.54) is 45.6 Å². The van der Waals surface area contributed by atoms with E-state index >= 15 is 0 Å². The molecule has 0 aliphatic carbocycles. The lowest BCUT2D eigenvalue weighted by atomic mass is 9.98. The molecule has 0 spiro atoms. The molecule has 39 heavy (non-hydrogen) atoms. The molecule has 0 saturated carbocycles. The van der Waals surface area contributed by atoms with E-state index in [-0.39, 0.29) is 0 Å². The summed E-state index contributed by atoms with van der Waals surface area (Å²) in [6.45, 7) is 1.000. The molecule has 9 atom stereocenters. The van der Waals surface area contributed by atoms with Gasteiger partial charge in [-0.1, -0.05) is 58.3 Å².